The van der Waals surface area contributed by atoms with Gasteiger partial charge in [-0.15, -0.1) is 0 Å². The first kappa shape index (κ1) is 15.8. The fourth-order valence-corrected chi connectivity index (χ4v) is 2.73. The van der Waals surface area contributed by atoms with Crippen molar-refractivity contribution < 1.29 is 9.53 Å². The fraction of sp³-hybridized carbons (Fsp3) is 0.625. The summed E-state index contributed by atoms with van der Waals surface area (Å²) in [6, 6.07) is 6.03. The average Bonchev–Trinajstić information content (AvgIpc) is 2.48. The molecule has 1 aliphatic heterocycles. The fourth-order valence-electron chi connectivity index (χ4n) is 2.73. The first-order valence-electron chi connectivity index (χ1n) is 7.81. The van der Waals surface area contributed by atoms with Crippen molar-refractivity contribution in [1.29, 1.82) is 0 Å². The molecule has 0 saturated carbocycles. The van der Waals surface area contributed by atoms with Crippen LogP contribution in [0.25, 0.3) is 0 Å². The van der Waals surface area contributed by atoms with Crippen LogP contribution in [0.2, 0.25) is 0 Å². The zero-order chi connectivity index (χ0) is 15.1. The van der Waals surface area contributed by atoms with Gasteiger partial charge in [-0.1, -0.05) is 6.07 Å². The molecule has 0 aliphatic carbocycles. The number of nitrogens with zero attached hydrogens (tertiary/aromatic N) is 2. The quantitative estimate of drug-likeness (QED) is 0.815. The van der Waals surface area contributed by atoms with Crippen molar-refractivity contribution in [2.45, 2.75) is 33.2 Å². The van der Waals surface area contributed by atoms with E-state index in [4.69, 9.17) is 4.74 Å². The lowest BCUT2D eigenvalue weighted by atomic mass is 9.98. The molecule has 1 unspecified atom stereocenters. The van der Waals surface area contributed by atoms with Gasteiger partial charge in [0, 0.05) is 19.6 Å². The summed E-state index contributed by atoms with van der Waals surface area (Å²) in [5.74, 6) is 0.862. The summed E-state index contributed by atoms with van der Waals surface area (Å²) in [4.78, 5) is 18.7. The van der Waals surface area contributed by atoms with Crippen molar-refractivity contribution in [3.05, 3.63) is 23.9 Å². The molecule has 5 heteroatoms. The SMILES string of the molecule is CCNc1cccc(CN2CCCC(C(=O)OCC)C2)n1. The van der Waals surface area contributed by atoms with Gasteiger partial charge in [0.25, 0.3) is 0 Å². The Morgan fingerprint density at radius 3 is 3.10 bits per heavy atom. The highest BCUT2D eigenvalue weighted by molar-refractivity contribution is 5.72. The second kappa shape index (κ2) is 7.98. The Balaban J connectivity index is 1.93. The molecule has 1 atom stereocenters. The number of hydrogen-bond acceptors (Lipinski definition) is 5. The summed E-state index contributed by atoms with van der Waals surface area (Å²) >= 11 is 0. The van der Waals surface area contributed by atoms with Crippen LogP contribution in [0, 0.1) is 5.92 Å². The van der Waals surface area contributed by atoms with Crippen molar-refractivity contribution in [3.8, 4) is 0 Å². The number of esters is 1. The maximum absolute atomic E-state index is 11.9. The average molecular weight is 291 g/mol. The van der Waals surface area contributed by atoms with Crippen LogP contribution >= 0.6 is 0 Å². The van der Waals surface area contributed by atoms with Crippen molar-refractivity contribution in [1.82, 2.24) is 9.88 Å². The van der Waals surface area contributed by atoms with E-state index in [1.807, 2.05) is 25.1 Å². The first-order chi connectivity index (χ1) is 10.2. The van der Waals surface area contributed by atoms with Gasteiger partial charge in [0.1, 0.15) is 5.82 Å². The molecule has 1 saturated heterocycles. The number of hydrogen-bond donors (Lipinski definition) is 1. The molecule has 1 aliphatic rings. The van der Waals surface area contributed by atoms with Crippen LogP contribution in [0.5, 0.6) is 0 Å². The highest BCUT2D eigenvalue weighted by atomic mass is 16.5. The highest BCUT2D eigenvalue weighted by Gasteiger charge is 2.26. The molecule has 1 fully saturated rings. The van der Waals surface area contributed by atoms with Crippen LogP contribution in [-0.4, -0.2) is 42.1 Å². The van der Waals surface area contributed by atoms with E-state index in [1.165, 1.54) is 0 Å². The van der Waals surface area contributed by atoms with E-state index in [-0.39, 0.29) is 11.9 Å². The molecule has 0 spiro atoms. The second-order valence-corrected chi connectivity index (χ2v) is 5.37. The molecule has 21 heavy (non-hydrogen) atoms. The predicted octanol–water partition coefficient (Wildman–Crippen LogP) is 2.29. The number of likely N-dealkylation sites (tertiary alicyclic amines) is 1. The minimum Gasteiger partial charge on any atom is -0.466 e. The van der Waals surface area contributed by atoms with Gasteiger partial charge in [0.2, 0.25) is 0 Å². The normalized spacial score (nSPS) is 19.2. The van der Waals surface area contributed by atoms with Gasteiger partial charge in [-0.05, 0) is 45.4 Å². The number of aromatic nitrogens is 1. The maximum atomic E-state index is 11.9. The van der Waals surface area contributed by atoms with Gasteiger partial charge in [-0.2, -0.15) is 0 Å². The van der Waals surface area contributed by atoms with Crippen LogP contribution in [0.4, 0.5) is 5.82 Å². The lowest BCUT2D eigenvalue weighted by molar-refractivity contribution is -0.150. The number of carbonyl (C=O) groups excluding carboxylic acids is 1. The van der Waals surface area contributed by atoms with Crippen molar-refractivity contribution in [2.75, 3.05) is 31.6 Å². The molecule has 5 nitrogen and oxygen atoms in total. The molecule has 2 rings (SSSR count). The minimum absolute atomic E-state index is 0.00986. The Hall–Kier alpha value is -1.62. The van der Waals surface area contributed by atoms with E-state index < -0.39 is 0 Å². The number of nitrogens with one attached hydrogen (secondary N) is 1. The van der Waals surface area contributed by atoms with Crippen LogP contribution < -0.4 is 5.32 Å². The molecule has 0 radical (unpaired) electrons. The molecule has 2 heterocycles. The van der Waals surface area contributed by atoms with Crippen molar-refractivity contribution >= 4 is 11.8 Å². The van der Waals surface area contributed by atoms with E-state index in [9.17, 15) is 4.79 Å². The molecule has 0 bridgehead atoms. The first-order valence-corrected chi connectivity index (χ1v) is 7.81. The van der Waals surface area contributed by atoms with Gasteiger partial charge in [0.15, 0.2) is 0 Å². The lowest BCUT2D eigenvalue weighted by Gasteiger charge is -2.31. The third-order valence-electron chi connectivity index (χ3n) is 3.68. The monoisotopic (exact) mass is 291 g/mol. The molecule has 1 aromatic rings. The smallest absolute Gasteiger partial charge is 0.310 e. The summed E-state index contributed by atoms with van der Waals surface area (Å²) in [6.45, 7) is 7.81. The van der Waals surface area contributed by atoms with E-state index in [0.29, 0.717) is 6.61 Å². The summed E-state index contributed by atoms with van der Waals surface area (Å²) in [5, 5.41) is 3.23. The Morgan fingerprint density at radius 2 is 2.33 bits per heavy atom. The predicted molar refractivity (Wildman–Crippen MR) is 83.0 cm³/mol. The Morgan fingerprint density at radius 1 is 1.48 bits per heavy atom. The van der Waals surface area contributed by atoms with E-state index in [0.717, 1.165) is 50.5 Å². The maximum Gasteiger partial charge on any atom is 0.310 e. The molecule has 1 aromatic heterocycles. The van der Waals surface area contributed by atoms with Gasteiger partial charge in [-0.25, -0.2) is 4.98 Å². The molecule has 0 aromatic carbocycles. The van der Waals surface area contributed by atoms with E-state index in [2.05, 4.69) is 22.1 Å². The van der Waals surface area contributed by atoms with Gasteiger partial charge in [0.05, 0.1) is 18.2 Å². The zero-order valence-electron chi connectivity index (χ0n) is 13.0. The van der Waals surface area contributed by atoms with Crippen LogP contribution in [-0.2, 0) is 16.1 Å². The molecule has 116 valence electrons. The largest absolute Gasteiger partial charge is 0.466 e. The zero-order valence-corrected chi connectivity index (χ0v) is 13.0. The van der Waals surface area contributed by atoms with Crippen LogP contribution in [0.3, 0.4) is 0 Å². The lowest BCUT2D eigenvalue weighted by Crippen LogP contribution is -2.39. The number of ether oxygens (including phenoxy) is 1. The summed E-state index contributed by atoms with van der Waals surface area (Å²) in [7, 11) is 0. The third kappa shape index (κ3) is 4.70. The minimum atomic E-state index is -0.0587. The molecular weight excluding hydrogens is 266 g/mol. The number of anilines is 1. The number of piperidine rings is 1. The Labute approximate surface area is 126 Å². The second-order valence-electron chi connectivity index (χ2n) is 5.37. The van der Waals surface area contributed by atoms with Crippen LogP contribution in [0.15, 0.2) is 18.2 Å². The summed E-state index contributed by atoms with van der Waals surface area (Å²) in [6.07, 6.45) is 1.97. The topological polar surface area (TPSA) is 54.5 Å². The third-order valence-corrected chi connectivity index (χ3v) is 3.68. The van der Waals surface area contributed by atoms with E-state index >= 15 is 0 Å². The number of pyridine rings is 1. The number of rotatable bonds is 6. The Kier molecular flexibility index (Phi) is 5.99. The molecule has 1 N–H and O–H groups in total. The summed E-state index contributed by atoms with van der Waals surface area (Å²) < 4.78 is 5.14. The van der Waals surface area contributed by atoms with Gasteiger partial charge < -0.3 is 10.1 Å². The Bertz CT molecular complexity index is 465. The standard InChI is InChI=1S/C16H25N3O2/c1-3-17-15-9-5-8-14(18-15)12-19-10-6-7-13(11-19)16(20)21-4-2/h5,8-9,13H,3-4,6-7,10-12H2,1-2H3,(H,17,18). The van der Waals surface area contributed by atoms with Crippen molar-refractivity contribution in [2.24, 2.45) is 5.92 Å². The molecule has 0 amide bonds. The summed E-state index contributed by atoms with van der Waals surface area (Å²) in [5.41, 5.74) is 1.04. The van der Waals surface area contributed by atoms with Gasteiger partial charge in [-0.3, -0.25) is 9.69 Å². The van der Waals surface area contributed by atoms with E-state index in [1.54, 1.807) is 0 Å². The van der Waals surface area contributed by atoms with Gasteiger partial charge >= 0.3 is 5.97 Å². The van der Waals surface area contributed by atoms with Crippen LogP contribution in [0.1, 0.15) is 32.4 Å². The molecular formula is C16H25N3O2. The van der Waals surface area contributed by atoms with Crippen molar-refractivity contribution in [3.63, 3.8) is 0 Å². The highest BCUT2D eigenvalue weighted by Crippen LogP contribution is 2.19. The number of carbonyl (C=O) groups is 1.